The molecule has 2 fully saturated rings. The lowest BCUT2D eigenvalue weighted by atomic mass is 9.98. The number of carbonyl (C=O) groups is 1. The van der Waals surface area contributed by atoms with E-state index in [1.807, 2.05) is 6.92 Å². The van der Waals surface area contributed by atoms with Crippen LogP contribution in [0.15, 0.2) is 0 Å². The van der Waals surface area contributed by atoms with E-state index in [9.17, 15) is 9.90 Å². The Morgan fingerprint density at radius 3 is 2.61 bits per heavy atom. The summed E-state index contributed by atoms with van der Waals surface area (Å²) in [5, 5.41) is 14.0. The second-order valence-electron chi connectivity index (χ2n) is 5.68. The Kier molecular flexibility index (Phi) is 4.96. The van der Waals surface area contributed by atoms with Crippen LogP contribution >= 0.6 is 11.8 Å². The Morgan fingerprint density at radius 1 is 1.28 bits per heavy atom. The second kappa shape index (κ2) is 6.29. The van der Waals surface area contributed by atoms with E-state index in [0.29, 0.717) is 5.25 Å². The van der Waals surface area contributed by atoms with Crippen molar-refractivity contribution in [1.82, 2.24) is 5.32 Å². The van der Waals surface area contributed by atoms with Crippen molar-refractivity contribution in [1.29, 1.82) is 0 Å². The van der Waals surface area contributed by atoms with Gasteiger partial charge >= 0.3 is 5.97 Å². The summed E-state index contributed by atoms with van der Waals surface area (Å²) >= 11 is 2.07. The summed E-state index contributed by atoms with van der Waals surface area (Å²) in [6, 6.07) is 0. The standard InChI is InChI=1S/C14H25NO2S/c1-2-15-14(13(16)17)9-8-12(10-14)18-11-6-4-3-5-7-11/h11-12,15H,2-10H2,1H3,(H,16,17). The van der Waals surface area contributed by atoms with E-state index >= 15 is 0 Å². The molecular formula is C14H25NO2S. The SMILES string of the molecule is CCNC1(C(=O)O)CCC(SC2CCCCC2)C1. The molecular weight excluding hydrogens is 246 g/mol. The van der Waals surface area contributed by atoms with Gasteiger partial charge in [-0.2, -0.15) is 11.8 Å². The quantitative estimate of drug-likeness (QED) is 0.807. The maximum atomic E-state index is 11.5. The van der Waals surface area contributed by atoms with Gasteiger partial charge in [-0.3, -0.25) is 4.79 Å². The lowest BCUT2D eigenvalue weighted by Crippen LogP contribution is -2.50. The van der Waals surface area contributed by atoms with Gasteiger partial charge in [0.25, 0.3) is 0 Å². The first kappa shape index (κ1) is 14.2. The molecule has 2 aliphatic rings. The first-order chi connectivity index (χ1) is 8.66. The fraction of sp³-hybridized carbons (Fsp3) is 0.929. The van der Waals surface area contributed by atoms with E-state index in [4.69, 9.17) is 0 Å². The minimum Gasteiger partial charge on any atom is -0.480 e. The topological polar surface area (TPSA) is 49.3 Å². The van der Waals surface area contributed by atoms with E-state index < -0.39 is 11.5 Å². The lowest BCUT2D eigenvalue weighted by Gasteiger charge is -2.27. The van der Waals surface area contributed by atoms with Gasteiger partial charge in [-0.25, -0.2) is 0 Å². The van der Waals surface area contributed by atoms with E-state index in [1.165, 1.54) is 32.1 Å². The molecule has 2 atom stereocenters. The Hall–Kier alpha value is -0.220. The molecule has 0 aromatic rings. The molecule has 104 valence electrons. The van der Waals surface area contributed by atoms with Crippen LogP contribution in [0.4, 0.5) is 0 Å². The average Bonchev–Trinajstić information content (AvgIpc) is 2.76. The fourth-order valence-corrected chi connectivity index (χ4v) is 5.14. The van der Waals surface area contributed by atoms with Crippen molar-refractivity contribution in [2.45, 2.75) is 74.3 Å². The van der Waals surface area contributed by atoms with Crippen molar-refractivity contribution in [3.63, 3.8) is 0 Å². The molecule has 0 amide bonds. The molecule has 0 spiro atoms. The highest BCUT2D eigenvalue weighted by molar-refractivity contribution is 8.00. The number of hydrogen-bond donors (Lipinski definition) is 2. The van der Waals surface area contributed by atoms with Crippen LogP contribution in [-0.4, -0.2) is 33.7 Å². The minimum atomic E-state index is -0.656. The van der Waals surface area contributed by atoms with Gasteiger partial charge in [0, 0.05) is 10.5 Å². The molecule has 0 aromatic carbocycles. The summed E-state index contributed by atoms with van der Waals surface area (Å²) in [5.74, 6) is -0.656. The highest BCUT2D eigenvalue weighted by Crippen LogP contribution is 2.42. The molecule has 0 aromatic heterocycles. The number of hydrogen-bond acceptors (Lipinski definition) is 3. The van der Waals surface area contributed by atoms with Crippen LogP contribution < -0.4 is 5.32 Å². The number of carboxylic acids is 1. The normalized spacial score (nSPS) is 33.7. The molecule has 0 radical (unpaired) electrons. The molecule has 2 N–H and O–H groups in total. The van der Waals surface area contributed by atoms with Crippen LogP contribution in [-0.2, 0) is 4.79 Å². The number of likely N-dealkylation sites (N-methyl/N-ethyl adjacent to an activating group) is 1. The van der Waals surface area contributed by atoms with Crippen LogP contribution in [0.5, 0.6) is 0 Å². The summed E-state index contributed by atoms with van der Waals surface area (Å²) in [6.45, 7) is 2.74. The molecule has 2 aliphatic carbocycles. The Balaban J connectivity index is 1.87. The Morgan fingerprint density at radius 2 is 2.00 bits per heavy atom. The zero-order chi connectivity index (χ0) is 13.0. The second-order valence-corrected chi connectivity index (χ2v) is 7.28. The van der Waals surface area contributed by atoms with Gasteiger partial charge in [-0.15, -0.1) is 0 Å². The van der Waals surface area contributed by atoms with E-state index in [0.717, 1.165) is 31.1 Å². The molecule has 0 heterocycles. The monoisotopic (exact) mass is 271 g/mol. The van der Waals surface area contributed by atoms with Crippen LogP contribution in [0.2, 0.25) is 0 Å². The van der Waals surface area contributed by atoms with Crippen molar-refractivity contribution < 1.29 is 9.90 Å². The maximum absolute atomic E-state index is 11.5. The van der Waals surface area contributed by atoms with Crippen LogP contribution in [0.25, 0.3) is 0 Å². The molecule has 0 aliphatic heterocycles. The van der Waals surface area contributed by atoms with E-state index in [1.54, 1.807) is 0 Å². The summed E-state index contributed by atoms with van der Waals surface area (Å²) < 4.78 is 0. The number of carboxylic acid groups (broad SMARTS) is 1. The molecule has 2 rings (SSSR count). The lowest BCUT2D eigenvalue weighted by molar-refractivity contribution is -0.144. The van der Waals surface area contributed by atoms with Crippen molar-refractivity contribution in [3.8, 4) is 0 Å². The third-order valence-corrected chi connectivity index (χ3v) is 5.97. The highest BCUT2D eigenvalue weighted by atomic mass is 32.2. The van der Waals surface area contributed by atoms with Gasteiger partial charge in [-0.05, 0) is 38.6 Å². The largest absolute Gasteiger partial charge is 0.480 e. The Labute approximate surface area is 114 Å². The molecule has 0 bridgehead atoms. The van der Waals surface area contributed by atoms with Gasteiger partial charge in [0.1, 0.15) is 5.54 Å². The predicted molar refractivity (Wildman–Crippen MR) is 76.1 cm³/mol. The fourth-order valence-electron chi connectivity index (χ4n) is 3.36. The number of nitrogens with one attached hydrogen (secondary N) is 1. The van der Waals surface area contributed by atoms with Gasteiger partial charge in [0.15, 0.2) is 0 Å². The van der Waals surface area contributed by atoms with Crippen LogP contribution in [0.1, 0.15) is 58.3 Å². The zero-order valence-electron chi connectivity index (χ0n) is 11.3. The van der Waals surface area contributed by atoms with Gasteiger partial charge in [0.2, 0.25) is 0 Å². The number of aliphatic carboxylic acids is 1. The number of thioether (sulfide) groups is 1. The van der Waals surface area contributed by atoms with Gasteiger partial charge in [-0.1, -0.05) is 26.2 Å². The average molecular weight is 271 g/mol. The van der Waals surface area contributed by atoms with Crippen LogP contribution in [0, 0.1) is 0 Å². The van der Waals surface area contributed by atoms with Crippen LogP contribution in [0.3, 0.4) is 0 Å². The zero-order valence-corrected chi connectivity index (χ0v) is 12.1. The molecule has 2 saturated carbocycles. The van der Waals surface area contributed by atoms with E-state index in [2.05, 4.69) is 17.1 Å². The number of rotatable bonds is 5. The summed E-state index contributed by atoms with van der Waals surface area (Å²) in [7, 11) is 0. The first-order valence-electron chi connectivity index (χ1n) is 7.30. The first-order valence-corrected chi connectivity index (χ1v) is 8.24. The smallest absolute Gasteiger partial charge is 0.323 e. The highest BCUT2D eigenvalue weighted by Gasteiger charge is 2.45. The molecule has 3 nitrogen and oxygen atoms in total. The van der Waals surface area contributed by atoms with Crippen molar-refractivity contribution in [2.75, 3.05) is 6.54 Å². The van der Waals surface area contributed by atoms with Crippen molar-refractivity contribution in [3.05, 3.63) is 0 Å². The predicted octanol–water partition coefficient (Wildman–Crippen LogP) is 3.04. The minimum absolute atomic E-state index is 0.545. The van der Waals surface area contributed by atoms with Crippen molar-refractivity contribution in [2.24, 2.45) is 0 Å². The van der Waals surface area contributed by atoms with Crippen molar-refractivity contribution >= 4 is 17.7 Å². The maximum Gasteiger partial charge on any atom is 0.323 e. The third-order valence-electron chi connectivity index (χ3n) is 4.33. The molecule has 4 heteroatoms. The van der Waals surface area contributed by atoms with Gasteiger partial charge in [0.05, 0.1) is 0 Å². The summed E-state index contributed by atoms with van der Waals surface area (Å²) in [4.78, 5) is 11.5. The molecule has 2 unspecified atom stereocenters. The molecule has 18 heavy (non-hydrogen) atoms. The van der Waals surface area contributed by atoms with E-state index in [-0.39, 0.29) is 0 Å². The summed E-state index contributed by atoms with van der Waals surface area (Å²) in [5.41, 5.74) is -0.638. The Bertz CT molecular complexity index is 292. The third kappa shape index (κ3) is 3.21. The molecule has 0 saturated heterocycles. The van der Waals surface area contributed by atoms with Gasteiger partial charge < -0.3 is 10.4 Å². The summed E-state index contributed by atoms with van der Waals surface area (Å²) in [6.07, 6.45) is 9.44.